The Kier molecular flexibility index (Phi) is 3.82. The van der Waals surface area contributed by atoms with Gasteiger partial charge < -0.3 is 9.73 Å². The number of anilines is 2. The van der Waals surface area contributed by atoms with Crippen molar-refractivity contribution < 1.29 is 4.42 Å². The second kappa shape index (κ2) is 6.29. The number of para-hydroxylation sites is 1. The summed E-state index contributed by atoms with van der Waals surface area (Å²) in [6.07, 6.45) is 0. The van der Waals surface area contributed by atoms with Crippen LogP contribution in [0.3, 0.4) is 0 Å². The zero-order valence-electron chi connectivity index (χ0n) is 13.8. The van der Waals surface area contributed by atoms with Crippen LogP contribution in [-0.2, 0) is 0 Å². The summed E-state index contributed by atoms with van der Waals surface area (Å²) >= 11 is 0. The molecule has 25 heavy (non-hydrogen) atoms. The number of nitrogens with one attached hydrogen (secondary N) is 1. The van der Waals surface area contributed by atoms with Gasteiger partial charge in [0.1, 0.15) is 5.76 Å². The van der Waals surface area contributed by atoms with Crippen molar-refractivity contribution in [3.8, 4) is 11.3 Å². The molecule has 0 atom stereocenters. The average molecular weight is 327 g/mol. The molecule has 0 aliphatic carbocycles. The summed E-state index contributed by atoms with van der Waals surface area (Å²) in [5.74, 6) is 0.620. The summed E-state index contributed by atoms with van der Waals surface area (Å²) in [5.41, 5.74) is 3.20. The smallest absolute Gasteiger partial charge is 0.346 e. The van der Waals surface area contributed by atoms with Crippen LogP contribution in [0.1, 0.15) is 5.56 Å². The molecule has 4 rings (SSSR count). The molecule has 122 valence electrons. The van der Waals surface area contributed by atoms with Gasteiger partial charge in [-0.05, 0) is 30.5 Å². The first-order valence-corrected chi connectivity index (χ1v) is 8.18. The second-order valence-corrected chi connectivity index (χ2v) is 5.93. The predicted octanol–water partition coefficient (Wildman–Crippen LogP) is 5.51. The van der Waals surface area contributed by atoms with Gasteiger partial charge in [-0.1, -0.05) is 60.7 Å². The fourth-order valence-electron chi connectivity index (χ4n) is 3.07. The molecule has 1 N–H and O–H groups in total. The first kappa shape index (κ1) is 15.2. The van der Waals surface area contributed by atoms with Gasteiger partial charge in [-0.2, -0.15) is 0 Å². The van der Waals surface area contributed by atoms with Gasteiger partial charge in [-0.15, -0.1) is 0 Å². The first-order chi connectivity index (χ1) is 12.2. The number of hydrogen-bond acceptors (Lipinski definition) is 3. The van der Waals surface area contributed by atoms with Crippen LogP contribution in [-0.4, -0.2) is 0 Å². The Balaban J connectivity index is 1.92. The summed E-state index contributed by atoms with van der Waals surface area (Å²) in [6.45, 7) is 1.99. The summed E-state index contributed by atoms with van der Waals surface area (Å²) in [6, 6.07) is 25.3. The van der Waals surface area contributed by atoms with Gasteiger partial charge in [-0.3, -0.25) is 0 Å². The number of hydrogen-bond donors (Lipinski definition) is 1. The van der Waals surface area contributed by atoms with Gasteiger partial charge in [0.15, 0.2) is 0 Å². The fourth-order valence-corrected chi connectivity index (χ4v) is 3.07. The van der Waals surface area contributed by atoms with Crippen LogP contribution < -0.4 is 10.9 Å². The molecule has 1 aromatic heterocycles. The molecule has 0 aliphatic heterocycles. The largest absolute Gasteiger partial charge is 0.422 e. The molecule has 4 aromatic rings. The second-order valence-electron chi connectivity index (χ2n) is 5.93. The van der Waals surface area contributed by atoms with Crippen molar-refractivity contribution in [2.75, 3.05) is 5.32 Å². The standard InChI is InChI=1S/C22H17NO2/c1-15-18-13-8-14-19(23-17-11-6-3-7-12-17)20(18)22(24)25-21(15)16-9-4-2-5-10-16/h2-14,23H,1H3. The maximum Gasteiger partial charge on any atom is 0.346 e. The number of rotatable bonds is 3. The van der Waals surface area contributed by atoms with Gasteiger partial charge in [-0.25, -0.2) is 4.79 Å². The maximum atomic E-state index is 12.7. The molecule has 0 saturated carbocycles. The zero-order valence-corrected chi connectivity index (χ0v) is 13.8. The van der Waals surface area contributed by atoms with Gasteiger partial charge in [0.25, 0.3) is 0 Å². The molecule has 3 aromatic carbocycles. The molecule has 0 fully saturated rings. The van der Waals surface area contributed by atoms with Gasteiger partial charge in [0, 0.05) is 16.8 Å². The Bertz CT molecular complexity index is 1080. The van der Waals surface area contributed by atoms with Crippen molar-refractivity contribution in [2.24, 2.45) is 0 Å². The van der Waals surface area contributed by atoms with Crippen molar-refractivity contribution in [3.63, 3.8) is 0 Å². The van der Waals surface area contributed by atoms with E-state index >= 15 is 0 Å². The SMILES string of the molecule is Cc1c(-c2ccccc2)oc(=O)c2c(Nc3ccccc3)cccc12. The number of fused-ring (bicyclic) bond motifs is 1. The minimum absolute atomic E-state index is 0.335. The van der Waals surface area contributed by atoms with Gasteiger partial charge >= 0.3 is 5.63 Å². The molecule has 0 radical (unpaired) electrons. The first-order valence-electron chi connectivity index (χ1n) is 8.18. The maximum absolute atomic E-state index is 12.7. The Hall–Kier alpha value is -3.33. The van der Waals surface area contributed by atoms with E-state index in [4.69, 9.17) is 4.42 Å². The third kappa shape index (κ3) is 2.81. The minimum atomic E-state index is -0.335. The van der Waals surface area contributed by atoms with E-state index in [9.17, 15) is 4.79 Å². The lowest BCUT2D eigenvalue weighted by Crippen LogP contribution is -2.06. The van der Waals surface area contributed by atoms with Crippen molar-refractivity contribution in [1.82, 2.24) is 0 Å². The fraction of sp³-hybridized carbons (Fsp3) is 0.0455. The normalized spacial score (nSPS) is 10.8. The molecule has 1 heterocycles. The molecule has 3 heteroatoms. The van der Waals surface area contributed by atoms with E-state index in [0.29, 0.717) is 11.1 Å². The van der Waals surface area contributed by atoms with Crippen LogP contribution in [0.2, 0.25) is 0 Å². The van der Waals surface area contributed by atoms with Crippen LogP contribution in [0.4, 0.5) is 11.4 Å². The Morgan fingerprint density at radius 3 is 2.20 bits per heavy atom. The Morgan fingerprint density at radius 1 is 0.800 bits per heavy atom. The van der Waals surface area contributed by atoms with Crippen LogP contribution in [0.5, 0.6) is 0 Å². The lowest BCUT2D eigenvalue weighted by atomic mass is 10.0. The third-order valence-electron chi connectivity index (χ3n) is 4.30. The quantitative estimate of drug-likeness (QED) is 0.539. The van der Waals surface area contributed by atoms with Crippen molar-refractivity contribution >= 4 is 22.1 Å². The zero-order chi connectivity index (χ0) is 17.2. The molecular weight excluding hydrogens is 310 g/mol. The summed E-state index contributed by atoms with van der Waals surface area (Å²) in [7, 11) is 0. The monoisotopic (exact) mass is 327 g/mol. The molecule has 0 amide bonds. The highest BCUT2D eigenvalue weighted by Crippen LogP contribution is 2.31. The van der Waals surface area contributed by atoms with E-state index in [-0.39, 0.29) is 5.63 Å². The van der Waals surface area contributed by atoms with E-state index in [1.165, 1.54) is 0 Å². The van der Waals surface area contributed by atoms with Crippen molar-refractivity contribution in [2.45, 2.75) is 6.92 Å². The van der Waals surface area contributed by atoms with Crippen LogP contribution in [0.15, 0.2) is 88.1 Å². The van der Waals surface area contributed by atoms with E-state index in [2.05, 4.69) is 5.32 Å². The summed E-state index contributed by atoms with van der Waals surface area (Å²) < 4.78 is 5.69. The average Bonchev–Trinajstić information content (AvgIpc) is 2.66. The molecule has 0 saturated heterocycles. The van der Waals surface area contributed by atoms with Crippen molar-refractivity contribution in [1.29, 1.82) is 0 Å². The molecule has 3 nitrogen and oxygen atoms in total. The highest BCUT2D eigenvalue weighted by Gasteiger charge is 2.14. The highest BCUT2D eigenvalue weighted by molar-refractivity contribution is 5.98. The van der Waals surface area contributed by atoms with Crippen LogP contribution in [0.25, 0.3) is 22.1 Å². The molecule has 0 bridgehead atoms. The Labute approximate surface area is 145 Å². The Morgan fingerprint density at radius 2 is 1.48 bits per heavy atom. The minimum Gasteiger partial charge on any atom is -0.422 e. The topological polar surface area (TPSA) is 42.2 Å². The predicted molar refractivity (Wildman–Crippen MR) is 102 cm³/mol. The van der Waals surface area contributed by atoms with Gasteiger partial charge in [0.05, 0.1) is 11.1 Å². The molecule has 0 aliphatic rings. The molecular formula is C22H17NO2. The number of aryl methyl sites for hydroxylation is 1. The summed E-state index contributed by atoms with van der Waals surface area (Å²) in [5, 5.41) is 4.79. The molecule has 0 unspecified atom stereocenters. The van der Waals surface area contributed by atoms with E-state index in [0.717, 1.165) is 27.9 Å². The lowest BCUT2D eigenvalue weighted by Gasteiger charge is -2.12. The van der Waals surface area contributed by atoms with Crippen LogP contribution >= 0.6 is 0 Å². The lowest BCUT2D eigenvalue weighted by molar-refractivity contribution is 0.531. The van der Waals surface area contributed by atoms with Crippen molar-refractivity contribution in [3.05, 3.63) is 94.8 Å². The van der Waals surface area contributed by atoms with E-state index in [1.54, 1.807) is 0 Å². The number of benzene rings is 3. The molecule has 0 spiro atoms. The van der Waals surface area contributed by atoms with Gasteiger partial charge in [0.2, 0.25) is 0 Å². The van der Waals surface area contributed by atoms with E-state index in [1.807, 2.05) is 85.8 Å². The van der Waals surface area contributed by atoms with E-state index < -0.39 is 0 Å². The third-order valence-corrected chi connectivity index (χ3v) is 4.30. The highest BCUT2D eigenvalue weighted by atomic mass is 16.4. The van der Waals surface area contributed by atoms with Crippen LogP contribution in [0, 0.1) is 6.92 Å². The summed E-state index contributed by atoms with van der Waals surface area (Å²) in [4.78, 5) is 12.7.